The van der Waals surface area contributed by atoms with E-state index in [9.17, 15) is 0 Å². The summed E-state index contributed by atoms with van der Waals surface area (Å²) in [5, 5.41) is 0.785. The summed E-state index contributed by atoms with van der Waals surface area (Å²) in [4.78, 5) is 8.88. The highest BCUT2D eigenvalue weighted by molar-refractivity contribution is 7.99. The molecule has 1 aliphatic carbocycles. The van der Waals surface area contributed by atoms with Gasteiger partial charge in [0.2, 0.25) is 0 Å². The lowest BCUT2D eigenvalue weighted by atomic mass is 10.2. The zero-order valence-corrected chi connectivity index (χ0v) is 12.6. The van der Waals surface area contributed by atoms with Crippen molar-refractivity contribution in [2.24, 2.45) is 0 Å². The van der Waals surface area contributed by atoms with Crippen LogP contribution < -0.4 is 0 Å². The molecule has 0 N–H and O–H groups in total. The minimum atomic E-state index is 0.572. The van der Waals surface area contributed by atoms with E-state index in [2.05, 4.69) is 21.9 Å². The molecule has 0 spiro atoms. The van der Waals surface area contributed by atoms with Crippen LogP contribution in [0.3, 0.4) is 0 Å². The Kier molecular flexibility index (Phi) is 3.99. The van der Waals surface area contributed by atoms with Crippen molar-refractivity contribution in [1.29, 1.82) is 0 Å². The molecule has 0 aromatic carbocycles. The van der Waals surface area contributed by atoms with Crippen molar-refractivity contribution in [2.45, 2.75) is 37.0 Å². The fourth-order valence-corrected chi connectivity index (χ4v) is 3.99. The number of alkyl halides is 1. The number of imidazole rings is 1. The van der Waals surface area contributed by atoms with E-state index in [1.54, 1.807) is 0 Å². The highest BCUT2D eigenvalue weighted by Crippen LogP contribution is 2.38. The molecule has 102 valence electrons. The van der Waals surface area contributed by atoms with Gasteiger partial charge in [0.1, 0.15) is 11.3 Å². The van der Waals surface area contributed by atoms with Crippen LogP contribution in [0.2, 0.25) is 0 Å². The molecule has 0 amide bonds. The Bertz CT molecular complexity index is 569. The summed E-state index contributed by atoms with van der Waals surface area (Å²) in [7, 11) is 0. The number of hydrogen-bond acceptors (Lipinski definition) is 3. The van der Waals surface area contributed by atoms with E-state index in [0.717, 1.165) is 23.0 Å². The SMILES string of the molecule is CSC1CCC(n2c(CCCl)nc3cnccc32)C1. The second kappa shape index (κ2) is 5.71. The minimum absolute atomic E-state index is 0.572. The fraction of sp³-hybridized carbons (Fsp3) is 0.571. The van der Waals surface area contributed by atoms with Gasteiger partial charge in [0.05, 0.1) is 11.7 Å². The van der Waals surface area contributed by atoms with Gasteiger partial charge in [-0.3, -0.25) is 4.98 Å². The van der Waals surface area contributed by atoms with Gasteiger partial charge >= 0.3 is 0 Å². The van der Waals surface area contributed by atoms with Gasteiger partial charge in [-0.15, -0.1) is 11.6 Å². The van der Waals surface area contributed by atoms with Gasteiger partial charge in [0.15, 0.2) is 0 Å². The maximum absolute atomic E-state index is 5.93. The topological polar surface area (TPSA) is 30.7 Å². The smallest absolute Gasteiger partial charge is 0.111 e. The second-order valence-corrected chi connectivity index (χ2v) is 6.54. The second-order valence-electron chi connectivity index (χ2n) is 5.03. The van der Waals surface area contributed by atoms with Crippen LogP contribution >= 0.6 is 23.4 Å². The van der Waals surface area contributed by atoms with Crippen molar-refractivity contribution in [3.63, 3.8) is 0 Å². The van der Waals surface area contributed by atoms with Crippen molar-refractivity contribution < 1.29 is 0 Å². The lowest BCUT2D eigenvalue weighted by Crippen LogP contribution is -2.10. The molecule has 1 saturated carbocycles. The molecule has 2 aromatic heterocycles. The number of nitrogens with zero attached hydrogens (tertiary/aromatic N) is 3. The van der Waals surface area contributed by atoms with Crippen LogP contribution in [0.25, 0.3) is 11.0 Å². The lowest BCUT2D eigenvalue weighted by molar-refractivity contribution is 0.514. The molecule has 19 heavy (non-hydrogen) atoms. The molecular formula is C14H18ClN3S. The zero-order chi connectivity index (χ0) is 13.2. The average molecular weight is 296 g/mol. The number of pyridine rings is 1. The number of hydrogen-bond donors (Lipinski definition) is 0. The summed E-state index contributed by atoms with van der Waals surface area (Å²) in [6, 6.07) is 2.65. The molecular weight excluding hydrogens is 278 g/mol. The van der Waals surface area contributed by atoms with Gasteiger partial charge in [-0.2, -0.15) is 11.8 Å². The van der Waals surface area contributed by atoms with E-state index in [1.165, 1.54) is 24.8 Å². The Balaban J connectivity index is 2.02. The number of thioether (sulfide) groups is 1. The van der Waals surface area contributed by atoms with Crippen LogP contribution in [0.5, 0.6) is 0 Å². The summed E-state index contributed by atoms with van der Waals surface area (Å²) in [5.41, 5.74) is 2.21. The molecule has 1 aliphatic rings. The van der Waals surface area contributed by atoms with Gasteiger partial charge in [-0.1, -0.05) is 0 Å². The minimum Gasteiger partial charge on any atom is -0.325 e. The quantitative estimate of drug-likeness (QED) is 0.806. The van der Waals surface area contributed by atoms with E-state index < -0.39 is 0 Å². The maximum Gasteiger partial charge on any atom is 0.111 e. The van der Waals surface area contributed by atoms with Crippen LogP contribution in [-0.2, 0) is 6.42 Å². The Morgan fingerprint density at radius 2 is 2.37 bits per heavy atom. The molecule has 0 aliphatic heterocycles. The average Bonchev–Trinajstić information content (AvgIpc) is 3.02. The molecule has 0 saturated heterocycles. The standard InChI is InChI=1S/C14H18ClN3S/c1-19-11-3-2-10(8-11)18-13-5-7-16-9-12(13)17-14(18)4-6-15/h5,7,9-11H,2-4,6,8H2,1H3. The van der Waals surface area contributed by atoms with E-state index in [1.807, 2.05) is 24.2 Å². The third kappa shape index (κ3) is 2.48. The number of rotatable bonds is 4. The lowest BCUT2D eigenvalue weighted by Gasteiger charge is -2.16. The summed E-state index contributed by atoms with van der Waals surface area (Å²) < 4.78 is 2.41. The third-order valence-electron chi connectivity index (χ3n) is 3.94. The Hall–Kier alpha value is -0.740. The maximum atomic E-state index is 5.93. The van der Waals surface area contributed by atoms with Crippen molar-refractivity contribution in [3.8, 4) is 0 Å². The van der Waals surface area contributed by atoms with Crippen LogP contribution in [0, 0.1) is 0 Å². The third-order valence-corrected chi connectivity index (χ3v) is 5.22. The van der Waals surface area contributed by atoms with E-state index in [0.29, 0.717) is 11.9 Å². The Labute approximate surface area is 122 Å². The van der Waals surface area contributed by atoms with E-state index >= 15 is 0 Å². The fourth-order valence-electron chi connectivity index (χ4n) is 3.03. The van der Waals surface area contributed by atoms with E-state index in [4.69, 9.17) is 16.6 Å². The van der Waals surface area contributed by atoms with Gasteiger partial charge in [0, 0.05) is 29.8 Å². The number of aromatic nitrogens is 3. The predicted molar refractivity (Wildman–Crippen MR) is 82.1 cm³/mol. The van der Waals surface area contributed by atoms with Crippen molar-refractivity contribution >= 4 is 34.4 Å². The first-order valence-corrected chi connectivity index (χ1v) is 8.55. The molecule has 1 fully saturated rings. The first kappa shape index (κ1) is 13.3. The number of fused-ring (bicyclic) bond motifs is 1. The molecule has 2 unspecified atom stereocenters. The molecule has 3 rings (SSSR count). The predicted octanol–water partition coefficient (Wildman–Crippen LogP) is 3.67. The van der Waals surface area contributed by atoms with Crippen molar-refractivity contribution in [2.75, 3.05) is 12.1 Å². The van der Waals surface area contributed by atoms with Gasteiger partial charge < -0.3 is 4.57 Å². The first-order valence-electron chi connectivity index (χ1n) is 6.73. The van der Waals surface area contributed by atoms with E-state index in [-0.39, 0.29) is 0 Å². The van der Waals surface area contributed by atoms with Crippen LogP contribution in [0.15, 0.2) is 18.5 Å². The number of aryl methyl sites for hydroxylation is 1. The normalized spacial score (nSPS) is 23.3. The summed E-state index contributed by atoms with van der Waals surface area (Å²) >= 11 is 7.91. The molecule has 2 heterocycles. The van der Waals surface area contributed by atoms with Crippen LogP contribution in [0.1, 0.15) is 31.1 Å². The number of halogens is 1. The first-order chi connectivity index (χ1) is 9.33. The van der Waals surface area contributed by atoms with Crippen LogP contribution in [0.4, 0.5) is 0 Å². The molecule has 2 aromatic rings. The highest BCUT2D eigenvalue weighted by atomic mass is 35.5. The molecule has 3 nitrogen and oxygen atoms in total. The Morgan fingerprint density at radius 1 is 1.47 bits per heavy atom. The van der Waals surface area contributed by atoms with Crippen LogP contribution in [-0.4, -0.2) is 31.9 Å². The Morgan fingerprint density at radius 3 is 3.11 bits per heavy atom. The summed E-state index contributed by atoms with van der Waals surface area (Å²) in [6.45, 7) is 0. The zero-order valence-electron chi connectivity index (χ0n) is 11.1. The molecule has 0 bridgehead atoms. The van der Waals surface area contributed by atoms with Crippen molar-refractivity contribution in [1.82, 2.24) is 14.5 Å². The van der Waals surface area contributed by atoms with Gasteiger partial charge in [0.25, 0.3) is 0 Å². The monoisotopic (exact) mass is 295 g/mol. The highest BCUT2D eigenvalue weighted by Gasteiger charge is 2.28. The largest absolute Gasteiger partial charge is 0.325 e. The molecule has 2 atom stereocenters. The van der Waals surface area contributed by atoms with Gasteiger partial charge in [-0.05, 0) is 31.6 Å². The van der Waals surface area contributed by atoms with Gasteiger partial charge in [-0.25, -0.2) is 4.98 Å². The van der Waals surface area contributed by atoms with Crippen molar-refractivity contribution in [3.05, 3.63) is 24.3 Å². The summed E-state index contributed by atoms with van der Waals surface area (Å²) in [6.07, 6.45) is 10.5. The summed E-state index contributed by atoms with van der Waals surface area (Å²) in [5.74, 6) is 1.74. The molecule has 0 radical (unpaired) electrons. The molecule has 5 heteroatoms.